The number of hydrogen-bond acceptors (Lipinski definition) is 0. The third kappa shape index (κ3) is 25.2. The van der Waals surface area contributed by atoms with Crippen LogP contribution in [0.2, 0.25) is 9.10 Å². The van der Waals surface area contributed by atoms with E-state index >= 15 is 0 Å². The fourth-order valence-electron chi connectivity index (χ4n) is 1.43. The summed E-state index contributed by atoms with van der Waals surface area (Å²) in [6, 6.07) is 0. The van der Waals surface area contributed by atoms with Crippen LogP contribution in [0.5, 0.6) is 0 Å². The van der Waals surface area contributed by atoms with Crippen LogP contribution < -0.4 is 0 Å². The molecule has 0 fully saturated rings. The minimum absolute atomic E-state index is 0.316. The molecule has 0 radical (unpaired) electrons. The molecule has 0 aromatic carbocycles. The van der Waals surface area contributed by atoms with Crippen LogP contribution in [0, 0.1) is 11.8 Å². The summed E-state index contributed by atoms with van der Waals surface area (Å²) in [5.74, 6) is 1.91. The van der Waals surface area contributed by atoms with Crippen LogP contribution in [0.25, 0.3) is 0 Å². The van der Waals surface area contributed by atoms with E-state index in [9.17, 15) is 0 Å². The molecule has 0 aliphatic carbocycles. The Hall–Kier alpha value is 0.766. The van der Waals surface area contributed by atoms with Crippen molar-refractivity contribution >= 4 is 20.4 Å². The molecule has 90 valence electrons. The molecule has 0 aromatic rings. The Bertz CT molecular complexity index is 85.5. The summed E-state index contributed by atoms with van der Waals surface area (Å²) in [5.41, 5.74) is 0. The largest absolute Gasteiger partial charge is 0.364 e. The van der Waals surface area contributed by atoms with Crippen molar-refractivity contribution in [2.24, 2.45) is 11.8 Å². The first-order chi connectivity index (χ1) is 7.04. The fourth-order valence-corrected chi connectivity index (χ4v) is 3.30. The molecule has 0 unspecified atom stereocenters. The molecule has 0 spiro atoms. The Morgan fingerprint density at radius 1 is 0.733 bits per heavy atom. The van der Waals surface area contributed by atoms with Gasteiger partial charge in [-0.05, 0) is 0 Å². The molecule has 0 aliphatic rings. The summed E-state index contributed by atoms with van der Waals surface area (Å²) < 4.78 is 3.08. The lowest BCUT2D eigenvalue weighted by atomic mass is 10.2. The summed E-state index contributed by atoms with van der Waals surface area (Å²) in [6.45, 7) is 13.8. The second-order valence-corrected chi connectivity index (χ2v) is 7.29. The van der Waals surface area contributed by atoms with E-state index in [4.69, 9.17) is 0 Å². The lowest BCUT2D eigenvalue weighted by molar-refractivity contribution is 0.700. The van der Waals surface area contributed by atoms with Gasteiger partial charge in [-0.15, -0.1) is 9.10 Å². The smallest absolute Gasteiger partial charge is 0.144 e. The first-order valence-corrected chi connectivity index (χ1v) is 9.04. The molecule has 0 bridgehead atoms. The fraction of sp³-hybridized carbons (Fsp3) is 1.00. The Morgan fingerprint density at radius 2 is 1.07 bits per heavy atom. The molecule has 0 amide bonds. The monoisotopic (exact) mass is 224 g/mol. The van der Waals surface area contributed by atoms with E-state index in [1.807, 2.05) is 0 Å². The molecule has 0 atom stereocenters. The van der Waals surface area contributed by atoms with Crippen LogP contribution in [-0.4, -0.2) is 20.4 Å². The zero-order valence-electron chi connectivity index (χ0n) is 12.1. The van der Waals surface area contributed by atoms with Crippen molar-refractivity contribution in [1.82, 2.24) is 0 Å². The van der Waals surface area contributed by atoms with Crippen molar-refractivity contribution in [3.8, 4) is 0 Å². The molecule has 0 saturated heterocycles. The van der Waals surface area contributed by atoms with Gasteiger partial charge in [-0.3, -0.25) is 0 Å². The topological polar surface area (TPSA) is 0 Å². The minimum atomic E-state index is 0.316. The van der Waals surface area contributed by atoms with E-state index in [1.165, 1.54) is 34.8 Å². The van der Waals surface area contributed by atoms with Gasteiger partial charge in [0.2, 0.25) is 0 Å². The molecule has 0 rings (SSSR count). The first-order valence-electron chi connectivity index (χ1n) is 7.04. The Balaban J connectivity index is 0. The third-order valence-electron chi connectivity index (χ3n) is 2.52. The average Bonchev–Trinajstić information content (AvgIpc) is 2.14. The van der Waals surface area contributed by atoms with Gasteiger partial charge in [-0.2, -0.15) is 0 Å². The molecular weight excluding hydrogens is 192 g/mol. The summed E-state index contributed by atoms with van der Waals surface area (Å²) in [7, 11) is 0. The van der Waals surface area contributed by atoms with Gasteiger partial charge in [-0.1, -0.05) is 79.1 Å². The van der Waals surface area contributed by atoms with Crippen molar-refractivity contribution in [3.63, 3.8) is 0 Å². The quantitative estimate of drug-likeness (QED) is 0.400. The predicted molar refractivity (Wildman–Crippen MR) is 74.9 cm³/mol. The molecule has 0 saturated carbocycles. The van der Waals surface area contributed by atoms with Gasteiger partial charge >= 0.3 is 20.4 Å². The van der Waals surface area contributed by atoms with Crippen molar-refractivity contribution in [2.75, 3.05) is 0 Å². The average molecular weight is 225 g/mol. The van der Waals surface area contributed by atoms with E-state index in [0.717, 1.165) is 11.8 Å². The van der Waals surface area contributed by atoms with Crippen molar-refractivity contribution in [2.45, 2.75) is 76.3 Å². The standard InChI is InChI=1S/C6H14.2C4H9.Mg/c1-3-5-6-4-2;2*1-4(2)3;/h3-6H2,1-2H3;2*4H,1H2,2-3H3;. The van der Waals surface area contributed by atoms with Crippen LogP contribution in [0.4, 0.5) is 0 Å². The maximum atomic E-state index is 2.33. The molecule has 0 N–H and O–H groups in total. The molecule has 0 aromatic heterocycles. The van der Waals surface area contributed by atoms with Gasteiger partial charge in [0.15, 0.2) is 0 Å². The van der Waals surface area contributed by atoms with Crippen molar-refractivity contribution in [1.29, 1.82) is 0 Å². The molecular formula is C14H32Mg. The number of rotatable bonds is 7. The van der Waals surface area contributed by atoms with Gasteiger partial charge in [0.25, 0.3) is 0 Å². The van der Waals surface area contributed by atoms with E-state index in [-0.39, 0.29) is 0 Å². The van der Waals surface area contributed by atoms with Gasteiger partial charge in [-0.25, -0.2) is 0 Å². The van der Waals surface area contributed by atoms with Crippen LogP contribution in [-0.2, 0) is 0 Å². The molecule has 0 nitrogen and oxygen atoms in total. The Kier molecular flexibility index (Phi) is 17.9. The summed E-state index contributed by atoms with van der Waals surface area (Å²) in [5, 5.41) is 0. The zero-order chi connectivity index (χ0) is 12.1. The van der Waals surface area contributed by atoms with E-state index in [2.05, 4.69) is 41.5 Å². The zero-order valence-corrected chi connectivity index (χ0v) is 13.5. The lowest BCUT2D eigenvalue weighted by Crippen LogP contribution is -1.99. The highest BCUT2D eigenvalue weighted by Gasteiger charge is 2.00. The number of hydrogen-bond donors (Lipinski definition) is 0. The van der Waals surface area contributed by atoms with E-state index < -0.39 is 0 Å². The Labute approximate surface area is 108 Å². The maximum absolute atomic E-state index is 2.33. The van der Waals surface area contributed by atoms with Crippen LogP contribution in [0.15, 0.2) is 0 Å². The van der Waals surface area contributed by atoms with Crippen LogP contribution in [0.1, 0.15) is 67.2 Å². The summed E-state index contributed by atoms with van der Waals surface area (Å²) in [6.07, 6.45) is 5.54. The Morgan fingerprint density at radius 3 is 1.27 bits per heavy atom. The van der Waals surface area contributed by atoms with Gasteiger partial charge < -0.3 is 0 Å². The van der Waals surface area contributed by atoms with Gasteiger partial charge in [0, 0.05) is 0 Å². The predicted octanol–water partition coefficient (Wildman–Crippen LogP) is 5.43. The molecule has 1 heteroatoms. The SMILES string of the molecule is CC(C)[CH2][Mg][CH2]C(C)C.CCCCCC. The van der Waals surface area contributed by atoms with Gasteiger partial charge in [0.1, 0.15) is 0 Å². The number of unbranched alkanes of at least 4 members (excludes halogenated alkanes) is 3. The minimum Gasteiger partial charge on any atom is -0.144 e. The lowest BCUT2D eigenvalue weighted by Gasteiger charge is -2.03. The first kappa shape index (κ1) is 18.1. The molecule has 15 heavy (non-hydrogen) atoms. The van der Waals surface area contributed by atoms with Crippen LogP contribution in [0.3, 0.4) is 0 Å². The van der Waals surface area contributed by atoms with Crippen molar-refractivity contribution in [3.05, 3.63) is 0 Å². The second-order valence-electron chi connectivity index (χ2n) is 5.43. The molecule has 0 aliphatic heterocycles. The van der Waals surface area contributed by atoms with Gasteiger partial charge in [0.05, 0.1) is 0 Å². The van der Waals surface area contributed by atoms with Crippen LogP contribution >= 0.6 is 0 Å². The normalized spacial score (nSPS) is 9.87. The maximum Gasteiger partial charge on any atom is 0.364 e. The second kappa shape index (κ2) is 14.8. The van der Waals surface area contributed by atoms with E-state index in [1.54, 1.807) is 0 Å². The highest BCUT2D eigenvalue weighted by molar-refractivity contribution is 6.35. The van der Waals surface area contributed by atoms with Crippen molar-refractivity contribution < 1.29 is 0 Å². The molecule has 0 heterocycles. The highest BCUT2D eigenvalue weighted by atomic mass is 24.5. The summed E-state index contributed by atoms with van der Waals surface area (Å²) >= 11 is 0.316. The summed E-state index contributed by atoms with van der Waals surface area (Å²) in [4.78, 5) is 0. The third-order valence-corrected chi connectivity index (χ3v) is 5.65. The highest BCUT2D eigenvalue weighted by Crippen LogP contribution is 2.05. The van der Waals surface area contributed by atoms with E-state index in [0.29, 0.717) is 20.4 Å².